The van der Waals surface area contributed by atoms with Crippen LogP contribution in [0.25, 0.3) is 0 Å². The maximum Gasteiger partial charge on any atom is 0.319 e. The molecule has 0 aromatic heterocycles. The number of alkyl halides is 2. The highest BCUT2D eigenvalue weighted by atomic mass is 19.3. The lowest BCUT2D eigenvalue weighted by Crippen LogP contribution is -2.39. The number of carbonyl (C=O) groups excluding carboxylic acids is 2. The lowest BCUT2D eigenvalue weighted by Gasteiger charge is -2.27. The first-order valence-electron chi connectivity index (χ1n) is 6.00. The molecular weight excluding hydrogens is 254 g/mol. The minimum atomic E-state index is -3.24. The summed E-state index contributed by atoms with van der Waals surface area (Å²) in [6, 6.07) is 7.19. The maximum atomic E-state index is 14.2. The van der Waals surface area contributed by atoms with Gasteiger partial charge in [0.2, 0.25) is 0 Å². The number of ketones is 1. The number of esters is 1. The zero-order valence-electron chi connectivity index (χ0n) is 10.5. The van der Waals surface area contributed by atoms with Crippen molar-refractivity contribution < 1.29 is 23.1 Å². The van der Waals surface area contributed by atoms with E-state index in [9.17, 15) is 18.4 Å². The zero-order valence-corrected chi connectivity index (χ0v) is 10.5. The van der Waals surface area contributed by atoms with Gasteiger partial charge < -0.3 is 4.74 Å². The van der Waals surface area contributed by atoms with Gasteiger partial charge in [-0.25, -0.2) is 8.78 Å². The number of hydrogen-bond acceptors (Lipinski definition) is 3. The quantitative estimate of drug-likeness (QED) is 0.623. The molecule has 1 aromatic carbocycles. The molecule has 0 radical (unpaired) electrons. The van der Waals surface area contributed by atoms with Gasteiger partial charge in [-0.15, -0.1) is 0 Å². The molecule has 19 heavy (non-hydrogen) atoms. The Morgan fingerprint density at radius 3 is 2.47 bits per heavy atom. The molecule has 1 fully saturated rings. The molecule has 1 heterocycles. The van der Waals surface area contributed by atoms with E-state index in [4.69, 9.17) is 4.74 Å². The second-order valence-corrected chi connectivity index (χ2v) is 4.77. The zero-order chi connectivity index (χ0) is 14.1. The Kier molecular flexibility index (Phi) is 3.39. The van der Waals surface area contributed by atoms with Crippen LogP contribution in [0.15, 0.2) is 30.3 Å². The maximum absolute atomic E-state index is 14.2. The Hall–Kier alpha value is -1.78. The van der Waals surface area contributed by atoms with Crippen LogP contribution in [0.1, 0.15) is 25.3 Å². The van der Waals surface area contributed by atoms with Gasteiger partial charge in [-0.3, -0.25) is 9.59 Å². The van der Waals surface area contributed by atoms with Crippen molar-refractivity contribution in [1.29, 1.82) is 0 Å². The van der Waals surface area contributed by atoms with Crippen LogP contribution in [-0.4, -0.2) is 18.4 Å². The first-order valence-corrected chi connectivity index (χ1v) is 6.00. The predicted octanol–water partition coefficient (Wildman–Crippen LogP) is 2.69. The summed E-state index contributed by atoms with van der Waals surface area (Å²) in [5, 5.41) is 0. The van der Waals surface area contributed by atoms with Crippen molar-refractivity contribution in [1.82, 2.24) is 0 Å². The van der Waals surface area contributed by atoms with E-state index in [-0.39, 0.29) is 18.6 Å². The van der Waals surface area contributed by atoms with E-state index in [1.807, 2.05) is 0 Å². The van der Waals surface area contributed by atoms with Crippen LogP contribution in [-0.2, 0) is 20.2 Å². The number of rotatable bonds is 4. The molecule has 0 amide bonds. The molecule has 0 N–H and O–H groups in total. The molecule has 102 valence electrons. The van der Waals surface area contributed by atoms with Crippen molar-refractivity contribution >= 4 is 11.8 Å². The van der Waals surface area contributed by atoms with Crippen LogP contribution < -0.4 is 0 Å². The Morgan fingerprint density at radius 1 is 1.37 bits per heavy atom. The molecule has 3 nitrogen and oxygen atoms in total. The van der Waals surface area contributed by atoms with Gasteiger partial charge in [0.15, 0.2) is 0 Å². The highest BCUT2D eigenvalue weighted by Crippen LogP contribution is 2.45. The molecule has 1 aliphatic heterocycles. The SMILES string of the molecule is CC(=O)C1(CC(F)(F)c2ccccc2)CCOC1=O. The number of benzene rings is 1. The molecular formula is C14H14F2O3. The van der Waals surface area contributed by atoms with Crippen molar-refractivity contribution in [3.8, 4) is 0 Å². The Balaban J connectivity index is 2.32. The van der Waals surface area contributed by atoms with E-state index in [2.05, 4.69) is 0 Å². The van der Waals surface area contributed by atoms with Crippen molar-refractivity contribution in [2.24, 2.45) is 5.41 Å². The molecule has 1 unspecified atom stereocenters. The topological polar surface area (TPSA) is 43.4 Å². The van der Waals surface area contributed by atoms with E-state index in [0.717, 1.165) is 6.92 Å². The third kappa shape index (κ3) is 2.37. The minimum absolute atomic E-state index is 0.0171. The van der Waals surface area contributed by atoms with E-state index in [1.54, 1.807) is 6.07 Å². The number of cyclic esters (lactones) is 1. The molecule has 0 aliphatic carbocycles. The first kappa shape index (κ1) is 13.6. The van der Waals surface area contributed by atoms with E-state index < -0.39 is 29.5 Å². The Bertz CT molecular complexity index is 499. The largest absolute Gasteiger partial charge is 0.465 e. The molecule has 1 aliphatic rings. The monoisotopic (exact) mass is 268 g/mol. The average Bonchev–Trinajstić information content (AvgIpc) is 2.72. The summed E-state index contributed by atoms with van der Waals surface area (Å²) in [6.45, 7) is 1.18. The fraction of sp³-hybridized carbons (Fsp3) is 0.429. The summed E-state index contributed by atoms with van der Waals surface area (Å²) in [5.41, 5.74) is -1.91. The van der Waals surface area contributed by atoms with Crippen LogP contribution in [0, 0.1) is 5.41 Å². The predicted molar refractivity (Wildman–Crippen MR) is 63.6 cm³/mol. The van der Waals surface area contributed by atoms with Gasteiger partial charge in [-0.1, -0.05) is 30.3 Å². The second kappa shape index (κ2) is 4.72. The Labute approximate surface area is 109 Å². The molecule has 1 saturated heterocycles. The lowest BCUT2D eigenvalue weighted by molar-refractivity contribution is -0.157. The second-order valence-electron chi connectivity index (χ2n) is 4.77. The third-order valence-corrected chi connectivity index (χ3v) is 3.55. The van der Waals surface area contributed by atoms with Gasteiger partial charge in [0, 0.05) is 18.4 Å². The number of Topliss-reactive ketones (excluding diaryl/α,β-unsaturated/α-hetero) is 1. The molecule has 1 atom stereocenters. The summed E-state index contributed by atoms with van der Waals surface area (Å²) in [5.74, 6) is -4.64. The summed E-state index contributed by atoms with van der Waals surface area (Å²) in [6.07, 6.45) is -0.818. The molecule has 5 heteroatoms. The summed E-state index contributed by atoms with van der Waals surface area (Å²) in [7, 11) is 0. The minimum Gasteiger partial charge on any atom is -0.465 e. The smallest absolute Gasteiger partial charge is 0.319 e. The van der Waals surface area contributed by atoms with Crippen LogP contribution in [0.2, 0.25) is 0 Å². The number of ether oxygens (including phenoxy) is 1. The fourth-order valence-corrected chi connectivity index (χ4v) is 2.33. The number of hydrogen-bond donors (Lipinski definition) is 0. The van der Waals surface area contributed by atoms with Crippen LogP contribution >= 0.6 is 0 Å². The first-order chi connectivity index (χ1) is 8.88. The van der Waals surface area contributed by atoms with Gasteiger partial charge in [-0.05, 0) is 6.92 Å². The van der Waals surface area contributed by atoms with E-state index in [0.29, 0.717) is 0 Å². The van der Waals surface area contributed by atoms with Gasteiger partial charge in [-0.2, -0.15) is 0 Å². The number of halogens is 2. The normalized spacial score (nSPS) is 23.2. The highest BCUT2D eigenvalue weighted by Gasteiger charge is 2.55. The standard InChI is InChI=1S/C14H14F2O3/c1-10(17)13(7-8-19-12(13)18)9-14(15,16)11-5-3-2-4-6-11/h2-6H,7-9H2,1H3. The molecule has 2 rings (SSSR count). The van der Waals surface area contributed by atoms with E-state index in [1.165, 1.54) is 24.3 Å². The van der Waals surface area contributed by atoms with Crippen molar-refractivity contribution in [2.75, 3.05) is 6.61 Å². The summed E-state index contributed by atoms with van der Waals surface area (Å²) < 4.78 is 33.2. The molecule has 0 spiro atoms. The summed E-state index contributed by atoms with van der Waals surface area (Å²) in [4.78, 5) is 23.3. The van der Waals surface area contributed by atoms with Gasteiger partial charge >= 0.3 is 5.97 Å². The van der Waals surface area contributed by atoms with Crippen molar-refractivity contribution in [3.05, 3.63) is 35.9 Å². The average molecular weight is 268 g/mol. The van der Waals surface area contributed by atoms with Gasteiger partial charge in [0.25, 0.3) is 5.92 Å². The molecule has 0 saturated carbocycles. The summed E-state index contributed by atoms with van der Waals surface area (Å²) >= 11 is 0. The van der Waals surface area contributed by atoms with Crippen molar-refractivity contribution in [3.63, 3.8) is 0 Å². The third-order valence-electron chi connectivity index (χ3n) is 3.55. The van der Waals surface area contributed by atoms with Crippen LogP contribution in [0.5, 0.6) is 0 Å². The molecule has 0 bridgehead atoms. The van der Waals surface area contributed by atoms with Gasteiger partial charge in [0.05, 0.1) is 6.61 Å². The van der Waals surface area contributed by atoms with Crippen LogP contribution in [0.4, 0.5) is 8.78 Å². The van der Waals surface area contributed by atoms with Crippen LogP contribution in [0.3, 0.4) is 0 Å². The lowest BCUT2D eigenvalue weighted by atomic mass is 9.76. The molecule has 1 aromatic rings. The Morgan fingerprint density at radius 2 is 2.00 bits per heavy atom. The highest BCUT2D eigenvalue weighted by molar-refractivity contribution is 6.03. The van der Waals surface area contributed by atoms with Gasteiger partial charge in [0.1, 0.15) is 11.2 Å². The fourth-order valence-electron chi connectivity index (χ4n) is 2.33. The van der Waals surface area contributed by atoms with E-state index >= 15 is 0 Å². The number of carbonyl (C=O) groups is 2. The van der Waals surface area contributed by atoms with Crippen molar-refractivity contribution in [2.45, 2.75) is 25.7 Å².